The van der Waals surface area contributed by atoms with Crippen molar-refractivity contribution in [2.24, 2.45) is 0 Å². The smallest absolute Gasteiger partial charge is 0.356 e. The zero-order valence-corrected chi connectivity index (χ0v) is 8.71. The normalized spacial score (nSPS) is 4.00. The molecule has 0 aliphatic rings. The maximum absolute atomic E-state index is 8.25. The first-order chi connectivity index (χ1) is 1.73. The summed E-state index contributed by atoms with van der Waals surface area (Å²) in [6.07, 6.45) is 0. The first-order valence-electron chi connectivity index (χ1n) is 0.548. The Labute approximate surface area is 107 Å². The van der Waals surface area contributed by atoms with Crippen LogP contribution in [0.25, 0.3) is 0 Å². The van der Waals surface area contributed by atoms with Gasteiger partial charge in [-0.3, -0.25) is 0 Å². The third-order valence-corrected chi connectivity index (χ3v) is 0. The Morgan fingerprint density at radius 3 is 1.33 bits per heavy atom. The average Bonchev–Trinajstić information content (AvgIpc) is 0.811. The molecule has 0 saturated carbocycles. The van der Waals surface area contributed by atoms with E-state index in [2.05, 4.69) is 0 Å². The summed E-state index contributed by atoms with van der Waals surface area (Å²) in [6, 6.07) is 0. The minimum absolute atomic E-state index is 0. The summed E-state index contributed by atoms with van der Waals surface area (Å²) in [5, 5.41) is 14.8. The van der Waals surface area contributed by atoms with Crippen LogP contribution in [-0.2, 0) is 0 Å². The van der Waals surface area contributed by atoms with Gasteiger partial charge in [0.2, 0.25) is 0 Å². The molecule has 0 fully saturated rings. The fraction of sp³-hybridized carbons (Fsp3) is 0. The molecule has 0 heterocycles. The van der Waals surface area contributed by atoms with Gasteiger partial charge in [-0.15, -0.1) is 0 Å². The summed E-state index contributed by atoms with van der Waals surface area (Å²) in [6.45, 7) is 0. The maximum Gasteiger partial charge on any atom is 2.00 e. The fourth-order valence-corrected chi connectivity index (χ4v) is 0. The van der Waals surface area contributed by atoms with Crippen molar-refractivity contribution in [2.75, 3.05) is 0 Å². The summed E-state index contributed by atoms with van der Waals surface area (Å²) in [5.74, 6) is 0. The molecule has 4 nitrogen and oxygen atoms in total. The van der Waals surface area contributed by atoms with Gasteiger partial charge in [0, 0.05) is 0 Å². The second-order valence-electron chi connectivity index (χ2n) is 0.224. The molecular weight excluding hydrogens is 141 g/mol. The van der Waals surface area contributed by atoms with Gasteiger partial charge in [-0.1, -0.05) is 0 Å². The van der Waals surface area contributed by atoms with Crippen LogP contribution < -0.4 is 51.4 Å². The van der Waals surface area contributed by atoms with Crippen LogP contribution in [0.4, 0.5) is 0 Å². The summed E-state index contributed by atoms with van der Waals surface area (Å²) >= 11 is 0. The molecular formula is CaKNO3+2. The van der Waals surface area contributed by atoms with Gasteiger partial charge in [0.1, 0.15) is 0 Å². The van der Waals surface area contributed by atoms with Crippen molar-refractivity contribution in [1.82, 2.24) is 0 Å². The molecule has 0 aliphatic heterocycles. The molecule has 0 aliphatic carbocycles. The van der Waals surface area contributed by atoms with Crippen molar-refractivity contribution < 1.29 is 56.5 Å². The zero-order chi connectivity index (χ0) is 3.58. The Bertz CT molecular complexity index is 33.8. The van der Waals surface area contributed by atoms with E-state index >= 15 is 0 Å². The SMILES string of the molecule is O=[N+]([O-])[O-].[Ca+2].[K+]. The molecule has 0 saturated heterocycles. The van der Waals surface area contributed by atoms with Crippen LogP contribution in [0.2, 0.25) is 0 Å². The van der Waals surface area contributed by atoms with Crippen molar-refractivity contribution in [2.45, 2.75) is 0 Å². The molecule has 0 N–H and O–H groups in total. The number of nitrogens with zero attached hydrogens (tertiary/aromatic N) is 1. The Morgan fingerprint density at radius 2 is 1.33 bits per heavy atom. The molecule has 0 unspecified atom stereocenters. The molecule has 0 amide bonds. The minimum atomic E-state index is -1.75. The molecule has 0 aromatic carbocycles. The van der Waals surface area contributed by atoms with Crippen molar-refractivity contribution in [3.8, 4) is 0 Å². The van der Waals surface area contributed by atoms with Crippen LogP contribution >= 0.6 is 0 Å². The summed E-state index contributed by atoms with van der Waals surface area (Å²) in [5.41, 5.74) is 0. The Morgan fingerprint density at radius 1 is 1.33 bits per heavy atom. The van der Waals surface area contributed by atoms with Crippen LogP contribution in [-0.4, -0.2) is 42.8 Å². The van der Waals surface area contributed by atoms with E-state index in [1.165, 1.54) is 0 Å². The molecule has 0 rings (SSSR count). The van der Waals surface area contributed by atoms with Crippen molar-refractivity contribution in [1.29, 1.82) is 0 Å². The van der Waals surface area contributed by atoms with Gasteiger partial charge in [0.05, 0.1) is 5.09 Å². The van der Waals surface area contributed by atoms with Crippen LogP contribution in [0, 0.1) is 15.3 Å². The van der Waals surface area contributed by atoms with Gasteiger partial charge in [0.15, 0.2) is 0 Å². The molecule has 24 valence electrons. The molecule has 6 heteroatoms. The third kappa shape index (κ3) is 36.0. The maximum atomic E-state index is 8.25. The second kappa shape index (κ2) is 10.2. The topological polar surface area (TPSA) is 66.2 Å². The molecule has 0 radical (unpaired) electrons. The number of hydrogen-bond acceptors (Lipinski definition) is 3. The Hall–Kier alpha value is 2.10. The van der Waals surface area contributed by atoms with E-state index in [4.69, 9.17) is 15.3 Å². The predicted molar refractivity (Wildman–Crippen MR) is 16.1 cm³/mol. The Balaban J connectivity index is -0.0000000450. The third-order valence-electron chi connectivity index (χ3n) is 0. The van der Waals surface area contributed by atoms with Crippen molar-refractivity contribution in [3.63, 3.8) is 0 Å². The summed E-state index contributed by atoms with van der Waals surface area (Å²) in [7, 11) is 0. The largest absolute Gasteiger partial charge is 2.00 e. The summed E-state index contributed by atoms with van der Waals surface area (Å²) < 4.78 is 0. The van der Waals surface area contributed by atoms with Crippen LogP contribution in [0.3, 0.4) is 0 Å². The van der Waals surface area contributed by atoms with Gasteiger partial charge in [-0.25, -0.2) is 0 Å². The van der Waals surface area contributed by atoms with Crippen molar-refractivity contribution >= 4 is 37.7 Å². The van der Waals surface area contributed by atoms with E-state index in [1.54, 1.807) is 0 Å². The first-order valence-corrected chi connectivity index (χ1v) is 0.548. The monoisotopic (exact) mass is 141 g/mol. The standard InChI is InChI=1S/Ca.K.NO3/c;;2-1(3)4/q+2;+1;-1. The quantitative estimate of drug-likeness (QED) is 0.199. The van der Waals surface area contributed by atoms with Crippen LogP contribution in [0.1, 0.15) is 0 Å². The molecule has 0 bridgehead atoms. The van der Waals surface area contributed by atoms with Gasteiger partial charge in [0.25, 0.3) is 0 Å². The van der Waals surface area contributed by atoms with E-state index in [9.17, 15) is 0 Å². The fourth-order valence-electron chi connectivity index (χ4n) is 0. The van der Waals surface area contributed by atoms with E-state index in [-0.39, 0.29) is 89.1 Å². The van der Waals surface area contributed by atoms with Crippen LogP contribution in [0.15, 0.2) is 0 Å². The minimum Gasteiger partial charge on any atom is -0.356 e. The summed E-state index contributed by atoms with van der Waals surface area (Å²) in [4.78, 5) is 8.25. The average molecular weight is 141 g/mol. The van der Waals surface area contributed by atoms with E-state index in [0.717, 1.165) is 0 Å². The first kappa shape index (κ1) is 15.7. The second-order valence-corrected chi connectivity index (χ2v) is 0.224. The number of hydrogen-bond donors (Lipinski definition) is 0. The van der Waals surface area contributed by atoms with Gasteiger partial charge >= 0.3 is 89.1 Å². The van der Waals surface area contributed by atoms with Crippen LogP contribution in [0.5, 0.6) is 0 Å². The molecule has 0 aromatic heterocycles. The molecule has 0 aromatic rings. The molecule has 6 heavy (non-hydrogen) atoms. The number of rotatable bonds is 0. The van der Waals surface area contributed by atoms with Gasteiger partial charge in [-0.2, -0.15) is 0 Å². The predicted octanol–water partition coefficient (Wildman–Crippen LogP) is -3.62. The van der Waals surface area contributed by atoms with Gasteiger partial charge in [-0.05, 0) is 0 Å². The zero-order valence-electron chi connectivity index (χ0n) is 3.38. The van der Waals surface area contributed by atoms with Gasteiger partial charge < -0.3 is 15.3 Å². The van der Waals surface area contributed by atoms with Crippen molar-refractivity contribution in [3.05, 3.63) is 15.3 Å². The molecule has 0 atom stereocenters. The van der Waals surface area contributed by atoms with E-state index in [1.807, 2.05) is 0 Å². The Kier molecular flexibility index (Phi) is 26.6. The molecule has 0 spiro atoms. The van der Waals surface area contributed by atoms with E-state index in [0.29, 0.717) is 0 Å². The van der Waals surface area contributed by atoms with E-state index < -0.39 is 5.09 Å².